The Labute approximate surface area is 164 Å². The Bertz CT molecular complexity index is 958. The van der Waals surface area contributed by atoms with Crippen LogP contribution in [0.2, 0.25) is 5.02 Å². The maximum absolute atomic E-state index is 12.7. The van der Waals surface area contributed by atoms with Gasteiger partial charge in [0.1, 0.15) is 0 Å². The molecule has 0 radical (unpaired) electrons. The first-order valence-corrected chi connectivity index (χ1v) is 9.65. The molecular weight excluding hydrogens is 358 g/mol. The van der Waals surface area contributed by atoms with Gasteiger partial charge >= 0.3 is 0 Å². The average molecular weight is 380 g/mol. The monoisotopic (exact) mass is 379 g/mol. The molecule has 0 unspecified atom stereocenters. The number of benzene rings is 2. The van der Waals surface area contributed by atoms with Crippen LogP contribution >= 0.6 is 11.6 Å². The second-order valence-electron chi connectivity index (χ2n) is 7.14. The van der Waals surface area contributed by atoms with Crippen LogP contribution < -0.4 is 5.32 Å². The molecule has 0 spiro atoms. The minimum atomic E-state index is -0.0417. The number of hydrogen-bond donors (Lipinski definition) is 1. The number of carbonyl (C=O) groups excluding carboxylic acids is 1. The smallest absolute Gasteiger partial charge is 0.251 e. The largest absolute Gasteiger partial charge is 0.351 e. The van der Waals surface area contributed by atoms with E-state index in [4.69, 9.17) is 11.6 Å². The summed E-state index contributed by atoms with van der Waals surface area (Å²) in [4.78, 5) is 12.7. The molecule has 1 aliphatic carbocycles. The Morgan fingerprint density at radius 2 is 1.96 bits per heavy atom. The van der Waals surface area contributed by atoms with Crippen LogP contribution in [0.5, 0.6) is 0 Å². The van der Waals surface area contributed by atoms with Crippen molar-refractivity contribution >= 4 is 17.5 Å². The third-order valence-corrected chi connectivity index (χ3v) is 5.56. The summed E-state index contributed by atoms with van der Waals surface area (Å²) in [6.07, 6.45) is 6.01. The molecule has 138 valence electrons. The van der Waals surface area contributed by atoms with Crippen molar-refractivity contribution in [3.63, 3.8) is 0 Å². The highest BCUT2D eigenvalue weighted by Crippen LogP contribution is 2.47. The van der Waals surface area contributed by atoms with Gasteiger partial charge in [-0.2, -0.15) is 5.10 Å². The quantitative estimate of drug-likeness (QED) is 0.675. The summed E-state index contributed by atoms with van der Waals surface area (Å²) in [5.41, 5.74) is 3.99. The third kappa shape index (κ3) is 3.76. The number of hydrogen-bond acceptors (Lipinski definition) is 2. The summed E-state index contributed by atoms with van der Waals surface area (Å²) in [6, 6.07) is 15.7. The van der Waals surface area contributed by atoms with E-state index in [9.17, 15) is 4.79 Å². The average Bonchev–Trinajstić information content (AvgIpc) is 3.34. The van der Waals surface area contributed by atoms with Crippen molar-refractivity contribution in [1.82, 2.24) is 15.1 Å². The van der Waals surface area contributed by atoms with Crippen molar-refractivity contribution in [2.45, 2.75) is 31.7 Å². The number of nitrogens with one attached hydrogen (secondary N) is 1. The summed E-state index contributed by atoms with van der Waals surface area (Å²) in [5, 5.41) is 8.16. The van der Waals surface area contributed by atoms with Crippen LogP contribution in [0.1, 0.15) is 35.7 Å². The van der Waals surface area contributed by atoms with Crippen LogP contribution in [0.25, 0.3) is 11.1 Å². The van der Waals surface area contributed by atoms with E-state index in [2.05, 4.69) is 29.5 Å². The molecule has 0 aliphatic heterocycles. The molecule has 1 fully saturated rings. The normalized spacial score (nSPS) is 14.7. The van der Waals surface area contributed by atoms with Gasteiger partial charge in [-0.1, -0.05) is 35.9 Å². The zero-order valence-corrected chi connectivity index (χ0v) is 16.0. The fraction of sp³-hybridized carbons (Fsp3) is 0.273. The van der Waals surface area contributed by atoms with Gasteiger partial charge in [-0.05, 0) is 55.2 Å². The van der Waals surface area contributed by atoms with Gasteiger partial charge in [-0.3, -0.25) is 9.48 Å². The van der Waals surface area contributed by atoms with Gasteiger partial charge in [0.15, 0.2) is 0 Å². The number of carbonyl (C=O) groups is 1. The molecule has 1 amide bonds. The summed E-state index contributed by atoms with van der Waals surface area (Å²) in [7, 11) is 0. The molecule has 0 bridgehead atoms. The lowest BCUT2D eigenvalue weighted by Gasteiger charge is -2.17. The van der Waals surface area contributed by atoms with E-state index >= 15 is 0 Å². The van der Waals surface area contributed by atoms with Gasteiger partial charge in [0, 0.05) is 40.9 Å². The molecule has 27 heavy (non-hydrogen) atoms. The molecule has 4 rings (SSSR count). The number of amides is 1. The lowest BCUT2D eigenvalue weighted by molar-refractivity contribution is 0.0949. The predicted molar refractivity (Wildman–Crippen MR) is 108 cm³/mol. The van der Waals surface area contributed by atoms with Crippen molar-refractivity contribution in [2.75, 3.05) is 6.54 Å². The van der Waals surface area contributed by atoms with Crippen molar-refractivity contribution < 1.29 is 4.79 Å². The van der Waals surface area contributed by atoms with E-state index in [1.807, 2.05) is 53.5 Å². The maximum Gasteiger partial charge on any atom is 0.251 e. The molecular formula is C22H22ClN3O. The van der Waals surface area contributed by atoms with Crippen molar-refractivity contribution in [3.05, 3.63) is 77.1 Å². The second kappa shape index (κ2) is 7.20. The van der Waals surface area contributed by atoms with E-state index in [-0.39, 0.29) is 11.3 Å². The molecule has 2 aromatic carbocycles. The maximum atomic E-state index is 12.7. The molecule has 0 saturated heterocycles. The summed E-state index contributed by atoms with van der Waals surface area (Å²) in [5.74, 6) is -0.0417. The Morgan fingerprint density at radius 3 is 2.63 bits per heavy atom. The van der Waals surface area contributed by atoms with E-state index in [1.165, 1.54) is 5.56 Å². The lowest BCUT2D eigenvalue weighted by atomic mass is 9.96. The van der Waals surface area contributed by atoms with Crippen LogP contribution in [-0.4, -0.2) is 22.2 Å². The molecule has 3 aromatic rings. The van der Waals surface area contributed by atoms with E-state index < -0.39 is 0 Å². The van der Waals surface area contributed by atoms with Crippen molar-refractivity contribution in [1.29, 1.82) is 0 Å². The first-order valence-electron chi connectivity index (χ1n) is 9.27. The molecule has 1 heterocycles. The molecule has 1 N–H and O–H groups in total. The molecule has 1 aliphatic rings. The number of aromatic nitrogens is 2. The first-order chi connectivity index (χ1) is 13.1. The van der Waals surface area contributed by atoms with Gasteiger partial charge < -0.3 is 5.32 Å². The van der Waals surface area contributed by atoms with Gasteiger partial charge in [0.2, 0.25) is 0 Å². The predicted octanol–water partition coefficient (Wildman–Crippen LogP) is 4.69. The number of aryl methyl sites for hydroxylation is 1. The van der Waals surface area contributed by atoms with E-state index in [1.54, 1.807) is 0 Å². The topological polar surface area (TPSA) is 46.9 Å². The molecule has 1 aromatic heterocycles. The fourth-order valence-corrected chi connectivity index (χ4v) is 3.52. The Kier molecular flexibility index (Phi) is 4.75. The lowest BCUT2D eigenvalue weighted by Crippen LogP contribution is -2.32. The Balaban J connectivity index is 1.46. The Morgan fingerprint density at radius 1 is 1.19 bits per heavy atom. The standard InChI is InChI=1S/C22H22ClN3O/c1-2-26-14-18(13-25-26)16-4-3-5-17(12-16)21(27)24-15-22(10-11-22)19-6-8-20(23)9-7-19/h3-9,12-14H,2,10-11,15H2,1H3,(H,24,27). The molecule has 5 heteroatoms. The van der Waals surface area contributed by atoms with Gasteiger partial charge in [-0.25, -0.2) is 0 Å². The van der Waals surface area contributed by atoms with Crippen LogP contribution in [0, 0.1) is 0 Å². The zero-order chi connectivity index (χ0) is 18.9. The van der Waals surface area contributed by atoms with E-state index in [0.717, 1.165) is 35.5 Å². The number of nitrogens with zero attached hydrogens (tertiary/aromatic N) is 2. The summed E-state index contributed by atoms with van der Waals surface area (Å²) < 4.78 is 1.88. The van der Waals surface area contributed by atoms with Crippen LogP contribution in [0.15, 0.2) is 60.9 Å². The molecule has 1 saturated carbocycles. The molecule has 0 atom stereocenters. The van der Waals surface area contributed by atoms with Crippen molar-refractivity contribution in [3.8, 4) is 11.1 Å². The SMILES string of the molecule is CCn1cc(-c2cccc(C(=O)NCC3(c4ccc(Cl)cc4)CC3)c2)cn1. The highest BCUT2D eigenvalue weighted by molar-refractivity contribution is 6.30. The van der Waals surface area contributed by atoms with Gasteiger partial charge in [-0.15, -0.1) is 0 Å². The zero-order valence-electron chi connectivity index (χ0n) is 15.3. The summed E-state index contributed by atoms with van der Waals surface area (Å²) in [6.45, 7) is 3.52. The minimum absolute atomic E-state index is 0.0417. The van der Waals surface area contributed by atoms with Gasteiger partial charge in [0.05, 0.1) is 6.20 Å². The van der Waals surface area contributed by atoms with Gasteiger partial charge in [0.25, 0.3) is 5.91 Å². The van der Waals surface area contributed by atoms with Crippen LogP contribution in [0.4, 0.5) is 0 Å². The summed E-state index contributed by atoms with van der Waals surface area (Å²) >= 11 is 5.99. The first kappa shape index (κ1) is 17.8. The minimum Gasteiger partial charge on any atom is -0.351 e. The van der Waals surface area contributed by atoms with E-state index in [0.29, 0.717) is 12.1 Å². The highest BCUT2D eigenvalue weighted by atomic mass is 35.5. The van der Waals surface area contributed by atoms with Crippen LogP contribution in [-0.2, 0) is 12.0 Å². The fourth-order valence-electron chi connectivity index (χ4n) is 3.40. The van der Waals surface area contributed by atoms with Crippen LogP contribution in [0.3, 0.4) is 0 Å². The molecule has 4 nitrogen and oxygen atoms in total. The second-order valence-corrected chi connectivity index (χ2v) is 7.57. The van der Waals surface area contributed by atoms with Crippen molar-refractivity contribution in [2.24, 2.45) is 0 Å². The highest BCUT2D eigenvalue weighted by Gasteiger charge is 2.44. The number of halogens is 1. The Hall–Kier alpha value is -2.59. The number of rotatable bonds is 6. The third-order valence-electron chi connectivity index (χ3n) is 5.31.